The Balaban J connectivity index is 1.45. The van der Waals surface area contributed by atoms with Gasteiger partial charge in [-0.05, 0) is 50.5 Å². The summed E-state index contributed by atoms with van der Waals surface area (Å²) in [6.45, 7) is 5.76. The SMILES string of the molecule is CC(C)(COc1cccc2c1C(N)=NS(=O)(=O)C2)NC(=O)c1ccnc(N2CCCC2)c1. The highest BCUT2D eigenvalue weighted by molar-refractivity contribution is 7.89. The number of benzene rings is 1. The van der Waals surface area contributed by atoms with Crippen LogP contribution in [0.15, 0.2) is 40.9 Å². The molecule has 0 atom stereocenters. The minimum absolute atomic E-state index is 0.0880. The molecule has 1 aromatic carbocycles. The first-order valence-corrected chi connectivity index (χ1v) is 12.1. The second kappa shape index (κ2) is 8.42. The van der Waals surface area contributed by atoms with Crippen molar-refractivity contribution in [2.75, 3.05) is 24.6 Å². The first-order chi connectivity index (χ1) is 15.1. The Hall–Kier alpha value is -3.14. The molecular weight excluding hydrogens is 430 g/mol. The predicted octanol–water partition coefficient (Wildman–Crippen LogP) is 1.82. The van der Waals surface area contributed by atoms with Gasteiger partial charge in [-0.1, -0.05) is 12.1 Å². The lowest BCUT2D eigenvalue weighted by Crippen LogP contribution is -2.48. The minimum Gasteiger partial charge on any atom is -0.490 e. The van der Waals surface area contributed by atoms with Crippen LogP contribution in [0, 0.1) is 0 Å². The van der Waals surface area contributed by atoms with Gasteiger partial charge in [0, 0.05) is 24.8 Å². The number of sulfonamides is 1. The first-order valence-electron chi connectivity index (χ1n) is 10.5. The summed E-state index contributed by atoms with van der Waals surface area (Å²) in [4.78, 5) is 19.4. The van der Waals surface area contributed by atoms with Crippen LogP contribution in [0.1, 0.15) is 48.2 Å². The van der Waals surface area contributed by atoms with Crippen molar-refractivity contribution in [3.63, 3.8) is 0 Å². The second-order valence-electron chi connectivity index (χ2n) is 8.72. The summed E-state index contributed by atoms with van der Waals surface area (Å²) in [7, 11) is -3.62. The topological polar surface area (TPSA) is 127 Å². The number of fused-ring (bicyclic) bond motifs is 1. The quantitative estimate of drug-likeness (QED) is 0.677. The Morgan fingerprint density at radius 2 is 2.00 bits per heavy atom. The van der Waals surface area contributed by atoms with E-state index >= 15 is 0 Å². The second-order valence-corrected chi connectivity index (χ2v) is 10.4. The maximum Gasteiger partial charge on any atom is 0.259 e. The minimum atomic E-state index is -3.62. The molecule has 0 bridgehead atoms. The van der Waals surface area contributed by atoms with Crippen molar-refractivity contribution in [3.8, 4) is 5.75 Å². The van der Waals surface area contributed by atoms with Crippen LogP contribution in [0.4, 0.5) is 5.82 Å². The summed E-state index contributed by atoms with van der Waals surface area (Å²) in [5, 5.41) is 3.00. The molecule has 32 heavy (non-hydrogen) atoms. The fraction of sp³-hybridized carbons (Fsp3) is 0.409. The molecule has 0 radical (unpaired) electrons. The van der Waals surface area contributed by atoms with Crippen LogP contribution in [-0.2, 0) is 15.8 Å². The normalized spacial score (nSPS) is 17.4. The number of aromatic nitrogens is 1. The third-order valence-corrected chi connectivity index (χ3v) is 6.57. The number of amidine groups is 1. The maximum absolute atomic E-state index is 12.9. The average molecular weight is 458 g/mol. The summed E-state index contributed by atoms with van der Waals surface area (Å²) in [6, 6.07) is 8.61. The lowest BCUT2D eigenvalue weighted by atomic mass is 10.0. The van der Waals surface area contributed by atoms with E-state index in [2.05, 4.69) is 19.6 Å². The highest BCUT2D eigenvalue weighted by atomic mass is 32.2. The average Bonchev–Trinajstić information content (AvgIpc) is 3.26. The summed E-state index contributed by atoms with van der Waals surface area (Å²) < 4.78 is 33.3. The van der Waals surface area contributed by atoms with Crippen molar-refractivity contribution in [3.05, 3.63) is 53.2 Å². The molecule has 9 nitrogen and oxygen atoms in total. The van der Waals surface area contributed by atoms with Gasteiger partial charge >= 0.3 is 0 Å². The number of hydrogen-bond acceptors (Lipinski definition) is 7. The molecule has 1 fully saturated rings. The summed E-state index contributed by atoms with van der Waals surface area (Å²) in [6.07, 6.45) is 3.91. The number of hydrogen-bond donors (Lipinski definition) is 2. The van der Waals surface area contributed by atoms with Crippen LogP contribution in [0.2, 0.25) is 0 Å². The monoisotopic (exact) mass is 457 g/mol. The Morgan fingerprint density at radius 3 is 2.75 bits per heavy atom. The van der Waals surface area contributed by atoms with Crippen LogP contribution >= 0.6 is 0 Å². The zero-order chi connectivity index (χ0) is 22.9. The molecular formula is C22H27N5O4S. The van der Waals surface area contributed by atoms with E-state index in [9.17, 15) is 13.2 Å². The van der Waals surface area contributed by atoms with E-state index in [-0.39, 0.29) is 24.1 Å². The lowest BCUT2D eigenvalue weighted by molar-refractivity contribution is 0.0880. The molecule has 2 aliphatic heterocycles. The number of amides is 1. The number of ether oxygens (including phenoxy) is 1. The third-order valence-electron chi connectivity index (χ3n) is 5.42. The summed E-state index contributed by atoms with van der Waals surface area (Å²) in [5.41, 5.74) is 6.75. The van der Waals surface area contributed by atoms with Crippen molar-refractivity contribution >= 4 is 27.6 Å². The number of nitrogens with two attached hydrogens (primary N) is 1. The van der Waals surface area contributed by atoms with Crippen LogP contribution in [0.3, 0.4) is 0 Å². The summed E-state index contributed by atoms with van der Waals surface area (Å²) >= 11 is 0. The number of carbonyl (C=O) groups excluding carboxylic acids is 1. The molecule has 2 aromatic rings. The molecule has 1 amide bonds. The van der Waals surface area contributed by atoms with Crippen LogP contribution < -0.4 is 20.7 Å². The van der Waals surface area contributed by atoms with E-state index in [1.807, 2.05) is 19.9 Å². The molecule has 170 valence electrons. The number of rotatable bonds is 6. The first kappa shape index (κ1) is 22.1. The van der Waals surface area contributed by atoms with Crippen LogP contribution in [0.5, 0.6) is 5.75 Å². The predicted molar refractivity (Wildman–Crippen MR) is 123 cm³/mol. The van der Waals surface area contributed by atoms with Gasteiger partial charge in [-0.25, -0.2) is 13.4 Å². The molecule has 1 aromatic heterocycles. The van der Waals surface area contributed by atoms with Gasteiger partial charge in [0.05, 0.1) is 16.9 Å². The van der Waals surface area contributed by atoms with E-state index in [1.54, 1.807) is 30.5 Å². The number of anilines is 1. The Morgan fingerprint density at radius 1 is 1.25 bits per heavy atom. The molecule has 0 spiro atoms. The number of pyridine rings is 1. The zero-order valence-electron chi connectivity index (χ0n) is 18.2. The number of carbonyl (C=O) groups is 1. The van der Waals surface area contributed by atoms with Crippen molar-refractivity contribution in [2.24, 2.45) is 10.1 Å². The van der Waals surface area contributed by atoms with Crippen molar-refractivity contribution in [1.29, 1.82) is 0 Å². The maximum atomic E-state index is 12.9. The van der Waals surface area contributed by atoms with Gasteiger partial charge in [-0.15, -0.1) is 4.40 Å². The van der Waals surface area contributed by atoms with Gasteiger partial charge in [0.15, 0.2) is 0 Å². The summed E-state index contributed by atoms with van der Waals surface area (Å²) in [5.74, 6) is 0.714. The van der Waals surface area contributed by atoms with Crippen LogP contribution in [-0.4, -0.2) is 50.4 Å². The van der Waals surface area contributed by atoms with Gasteiger partial charge in [0.2, 0.25) is 0 Å². The molecule has 0 unspecified atom stereocenters. The Kier molecular flexibility index (Phi) is 5.81. The third kappa shape index (κ3) is 4.85. The molecule has 3 N–H and O–H groups in total. The van der Waals surface area contributed by atoms with Crippen LogP contribution in [0.25, 0.3) is 0 Å². The van der Waals surface area contributed by atoms with E-state index in [0.717, 1.165) is 31.7 Å². The molecule has 10 heteroatoms. The van der Waals surface area contributed by atoms with E-state index in [4.69, 9.17) is 10.5 Å². The van der Waals surface area contributed by atoms with Gasteiger partial charge in [0.1, 0.15) is 24.0 Å². The smallest absolute Gasteiger partial charge is 0.259 e. The molecule has 1 saturated heterocycles. The van der Waals surface area contributed by atoms with Crippen molar-refractivity contribution in [1.82, 2.24) is 10.3 Å². The van der Waals surface area contributed by atoms with E-state index in [0.29, 0.717) is 22.4 Å². The largest absolute Gasteiger partial charge is 0.490 e. The molecule has 3 heterocycles. The standard InChI is InChI=1S/C22H27N5O4S/c1-22(2,25-21(28)15-8-9-24-18(12-15)27-10-3-4-11-27)14-31-17-7-5-6-16-13-32(29,30)26-20(23)19(16)17/h5-9,12H,3-4,10-11,13-14H2,1-2H3,(H2,23,26)(H,25,28). The lowest BCUT2D eigenvalue weighted by Gasteiger charge is -2.28. The Labute approximate surface area is 187 Å². The Bertz CT molecular complexity index is 1170. The fourth-order valence-corrected chi connectivity index (χ4v) is 4.97. The fourth-order valence-electron chi connectivity index (χ4n) is 3.88. The van der Waals surface area contributed by atoms with Gasteiger partial charge < -0.3 is 20.7 Å². The highest BCUT2D eigenvalue weighted by Gasteiger charge is 2.27. The van der Waals surface area contributed by atoms with Crippen molar-refractivity contribution in [2.45, 2.75) is 38.0 Å². The molecule has 0 aliphatic carbocycles. The molecule has 0 saturated carbocycles. The zero-order valence-corrected chi connectivity index (χ0v) is 19.0. The van der Waals surface area contributed by atoms with Gasteiger partial charge in [0.25, 0.3) is 15.9 Å². The van der Waals surface area contributed by atoms with Gasteiger partial charge in [-0.2, -0.15) is 0 Å². The number of nitrogens with one attached hydrogen (secondary N) is 1. The van der Waals surface area contributed by atoms with E-state index < -0.39 is 15.6 Å². The van der Waals surface area contributed by atoms with E-state index in [1.165, 1.54) is 0 Å². The number of nitrogens with zero attached hydrogens (tertiary/aromatic N) is 3. The van der Waals surface area contributed by atoms with Crippen molar-refractivity contribution < 1.29 is 17.9 Å². The van der Waals surface area contributed by atoms with Gasteiger partial charge in [-0.3, -0.25) is 4.79 Å². The highest BCUT2D eigenvalue weighted by Crippen LogP contribution is 2.28. The molecule has 4 rings (SSSR count). The molecule has 2 aliphatic rings.